The molecule has 0 radical (unpaired) electrons. The van der Waals surface area contributed by atoms with E-state index in [0.29, 0.717) is 5.75 Å². The summed E-state index contributed by atoms with van der Waals surface area (Å²) in [4.78, 5) is 0. The molecule has 2 aromatic carbocycles. The summed E-state index contributed by atoms with van der Waals surface area (Å²) < 4.78 is 45.6. The summed E-state index contributed by atoms with van der Waals surface area (Å²) in [6.45, 7) is 0.167. The number of alkyl halides is 3. The maximum absolute atomic E-state index is 13.1. The smallest absolute Gasteiger partial charge is 0.416 e. The average molecular weight is 407 g/mol. The molecule has 0 spiro atoms. The van der Waals surface area contributed by atoms with Gasteiger partial charge in [-0.3, -0.25) is 0 Å². The molecule has 6 heteroatoms. The Morgan fingerprint density at radius 2 is 1.76 bits per heavy atom. The Bertz CT molecular complexity index is 629. The molecule has 0 saturated heterocycles. The SMILES string of the molecule is NCCc1ccc(Oc2cccc(I)c2)cc1C(F)(F)F. The van der Waals surface area contributed by atoms with Crippen LogP contribution in [0.15, 0.2) is 42.5 Å². The molecule has 21 heavy (non-hydrogen) atoms. The highest BCUT2D eigenvalue weighted by molar-refractivity contribution is 14.1. The summed E-state index contributed by atoms with van der Waals surface area (Å²) in [7, 11) is 0. The molecule has 2 N–H and O–H groups in total. The second-order valence-electron chi connectivity index (χ2n) is 4.41. The van der Waals surface area contributed by atoms with Crippen molar-refractivity contribution in [3.05, 3.63) is 57.2 Å². The van der Waals surface area contributed by atoms with Crippen molar-refractivity contribution in [2.45, 2.75) is 12.6 Å². The molecular formula is C15H13F3INO. The minimum Gasteiger partial charge on any atom is -0.457 e. The second kappa shape index (κ2) is 6.65. The number of benzene rings is 2. The van der Waals surface area contributed by atoms with Gasteiger partial charge >= 0.3 is 6.18 Å². The van der Waals surface area contributed by atoms with Crippen LogP contribution in [0.4, 0.5) is 13.2 Å². The average Bonchev–Trinajstić information content (AvgIpc) is 2.39. The topological polar surface area (TPSA) is 35.2 Å². The number of nitrogens with two attached hydrogens (primary N) is 1. The highest BCUT2D eigenvalue weighted by Gasteiger charge is 2.33. The summed E-state index contributed by atoms with van der Waals surface area (Å²) in [6, 6.07) is 11.1. The molecule has 2 aromatic rings. The standard InChI is InChI=1S/C15H13F3INO/c16-15(17,18)14-9-13(5-4-10(14)6-7-20)21-12-3-1-2-11(19)8-12/h1-5,8-9H,6-7,20H2. The Morgan fingerprint density at radius 3 is 2.38 bits per heavy atom. The maximum Gasteiger partial charge on any atom is 0.416 e. The van der Waals surface area contributed by atoms with Crippen molar-refractivity contribution < 1.29 is 17.9 Å². The van der Waals surface area contributed by atoms with Crippen LogP contribution in [0.25, 0.3) is 0 Å². The fourth-order valence-electron chi connectivity index (χ4n) is 1.92. The monoisotopic (exact) mass is 407 g/mol. The number of halogens is 4. The van der Waals surface area contributed by atoms with Gasteiger partial charge < -0.3 is 10.5 Å². The van der Waals surface area contributed by atoms with Crippen molar-refractivity contribution in [1.82, 2.24) is 0 Å². The quantitative estimate of drug-likeness (QED) is 0.752. The molecule has 0 heterocycles. The fourth-order valence-corrected chi connectivity index (χ4v) is 2.44. The van der Waals surface area contributed by atoms with Crippen molar-refractivity contribution in [2.75, 3.05) is 6.54 Å². The van der Waals surface area contributed by atoms with Crippen LogP contribution < -0.4 is 10.5 Å². The summed E-state index contributed by atoms with van der Waals surface area (Å²) in [6.07, 6.45) is -4.24. The van der Waals surface area contributed by atoms with Crippen LogP contribution in [-0.4, -0.2) is 6.54 Å². The molecule has 0 atom stereocenters. The van der Waals surface area contributed by atoms with E-state index >= 15 is 0 Å². The van der Waals surface area contributed by atoms with E-state index in [0.717, 1.165) is 9.64 Å². The van der Waals surface area contributed by atoms with Gasteiger partial charge in [-0.25, -0.2) is 0 Å². The minimum atomic E-state index is -4.42. The lowest BCUT2D eigenvalue weighted by atomic mass is 10.0. The van der Waals surface area contributed by atoms with E-state index in [1.807, 2.05) is 6.07 Å². The lowest BCUT2D eigenvalue weighted by molar-refractivity contribution is -0.138. The van der Waals surface area contributed by atoms with Gasteiger partial charge in [0.05, 0.1) is 5.56 Å². The third kappa shape index (κ3) is 4.34. The van der Waals surface area contributed by atoms with Gasteiger partial charge in [-0.2, -0.15) is 13.2 Å². The number of hydrogen-bond donors (Lipinski definition) is 1. The molecule has 0 unspecified atom stereocenters. The molecule has 112 valence electrons. The molecule has 0 aliphatic heterocycles. The first-order valence-corrected chi connectivity index (χ1v) is 7.31. The zero-order chi connectivity index (χ0) is 15.5. The zero-order valence-electron chi connectivity index (χ0n) is 11.0. The third-order valence-corrected chi connectivity index (χ3v) is 3.50. The second-order valence-corrected chi connectivity index (χ2v) is 5.66. The van der Waals surface area contributed by atoms with Crippen LogP contribution in [-0.2, 0) is 12.6 Å². The van der Waals surface area contributed by atoms with Crippen LogP contribution in [0.1, 0.15) is 11.1 Å². The first kappa shape index (κ1) is 16.1. The lowest BCUT2D eigenvalue weighted by Gasteiger charge is -2.14. The number of ether oxygens (including phenoxy) is 1. The Kier molecular flexibility index (Phi) is 5.10. The number of hydrogen-bond acceptors (Lipinski definition) is 2. The normalized spacial score (nSPS) is 11.5. The highest BCUT2D eigenvalue weighted by Crippen LogP contribution is 2.35. The fraction of sp³-hybridized carbons (Fsp3) is 0.200. The van der Waals surface area contributed by atoms with E-state index in [2.05, 4.69) is 22.6 Å². The Labute approximate surface area is 134 Å². The number of rotatable bonds is 4. The third-order valence-electron chi connectivity index (χ3n) is 2.83. The molecular weight excluding hydrogens is 394 g/mol. The van der Waals surface area contributed by atoms with Gasteiger partial charge in [0, 0.05) is 3.57 Å². The molecule has 2 rings (SSSR count). The van der Waals surface area contributed by atoms with Gasteiger partial charge in [-0.05, 0) is 71.5 Å². The van der Waals surface area contributed by atoms with Crippen molar-refractivity contribution in [3.8, 4) is 11.5 Å². The van der Waals surface area contributed by atoms with E-state index in [4.69, 9.17) is 10.5 Å². The van der Waals surface area contributed by atoms with Gasteiger partial charge in [-0.1, -0.05) is 12.1 Å². The molecule has 0 aliphatic rings. The van der Waals surface area contributed by atoms with E-state index in [1.54, 1.807) is 18.2 Å². The first-order valence-electron chi connectivity index (χ1n) is 6.24. The molecule has 0 saturated carbocycles. The predicted molar refractivity (Wildman–Crippen MR) is 83.4 cm³/mol. The lowest BCUT2D eigenvalue weighted by Crippen LogP contribution is -2.12. The van der Waals surface area contributed by atoms with Crippen LogP contribution in [0.3, 0.4) is 0 Å². The van der Waals surface area contributed by atoms with E-state index < -0.39 is 11.7 Å². The van der Waals surface area contributed by atoms with Gasteiger partial charge in [0.2, 0.25) is 0 Å². The summed E-state index contributed by atoms with van der Waals surface area (Å²) in [5.74, 6) is 0.659. The molecule has 2 nitrogen and oxygen atoms in total. The van der Waals surface area contributed by atoms with Crippen molar-refractivity contribution in [1.29, 1.82) is 0 Å². The van der Waals surface area contributed by atoms with Crippen molar-refractivity contribution >= 4 is 22.6 Å². The molecule has 0 aliphatic carbocycles. The van der Waals surface area contributed by atoms with Crippen molar-refractivity contribution in [2.24, 2.45) is 5.73 Å². The van der Waals surface area contributed by atoms with E-state index in [-0.39, 0.29) is 24.3 Å². The Hall–Kier alpha value is -1.28. The maximum atomic E-state index is 13.1. The highest BCUT2D eigenvalue weighted by atomic mass is 127. The Morgan fingerprint density at radius 1 is 1.05 bits per heavy atom. The van der Waals surface area contributed by atoms with Gasteiger partial charge in [0.25, 0.3) is 0 Å². The first-order chi connectivity index (χ1) is 9.90. The zero-order valence-corrected chi connectivity index (χ0v) is 13.1. The molecule has 0 amide bonds. The minimum absolute atomic E-state index is 0.157. The largest absolute Gasteiger partial charge is 0.457 e. The van der Waals surface area contributed by atoms with Crippen molar-refractivity contribution in [3.63, 3.8) is 0 Å². The van der Waals surface area contributed by atoms with Gasteiger partial charge in [0.15, 0.2) is 0 Å². The summed E-state index contributed by atoms with van der Waals surface area (Å²) in [5.41, 5.74) is 4.83. The van der Waals surface area contributed by atoms with Crippen LogP contribution in [0.5, 0.6) is 11.5 Å². The summed E-state index contributed by atoms with van der Waals surface area (Å²) in [5, 5.41) is 0. The molecule has 0 fully saturated rings. The van der Waals surface area contributed by atoms with E-state index in [9.17, 15) is 13.2 Å². The molecule has 0 aromatic heterocycles. The van der Waals surface area contributed by atoms with Gasteiger partial charge in [0.1, 0.15) is 11.5 Å². The van der Waals surface area contributed by atoms with Crippen LogP contribution >= 0.6 is 22.6 Å². The van der Waals surface area contributed by atoms with Crippen LogP contribution in [0.2, 0.25) is 0 Å². The summed E-state index contributed by atoms with van der Waals surface area (Å²) >= 11 is 2.11. The Balaban J connectivity index is 2.33. The van der Waals surface area contributed by atoms with Crippen LogP contribution in [0, 0.1) is 3.57 Å². The van der Waals surface area contributed by atoms with Gasteiger partial charge in [-0.15, -0.1) is 0 Å². The molecule has 0 bridgehead atoms. The van der Waals surface area contributed by atoms with E-state index in [1.165, 1.54) is 12.1 Å². The predicted octanol–water partition coefficient (Wildman–Crippen LogP) is 4.60.